The Hall–Kier alpha value is -1.20. The van der Waals surface area contributed by atoms with Crippen molar-refractivity contribution in [3.8, 4) is 0 Å². The summed E-state index contributed by atoms with van der Waals surface area (Å²) in [6.07, 6.45) is 5.94. The molecule has 5 nitrogen and oxygen atoms in total. The molecule has 1 unspecified atom stereocenters. The lowest BCUT2D eigenvalue weighted by atomic mass is 9.91. The fourth-order valence-corrected chi connectivity index (χ4v) is 2.15. The van der Waals surface area contributed by atoms with Gasteiger partial charge in [0.1, 0.15) is 0 Å². The third-order valence-electron chi connectivity index (χ3n) is 3.26. The third-order valence-corrected chi connectivity index (χ3v) is 3.26. The minimum absolute atomic E-state index is 0.102. The lowest BCUT2D eigenvalue weighted by Crippen LogP contribution is -2.26. The van der Waals surface area contributed by atoms with Crippen molar-refractivity contribution in [1.82, 2.24) is 9.78 Å². The van der Waals surface area contributed by atoms with Crippen LogP contribution in [0, 0.1) is 5.92 Å². The molecule has 2 rings (SSSR count). The van der Waals surface area contributed by atoms with Crippen LogP contribution in [0.5, 0.6) is 0 Å². The fraction of sp³-hybridized carbons (Fsp3) is 0.667. The molecule has 94 valence electrons. The third kappa shape index (κ3) is 3.14. The second-order valence-electron chi connectivity index (χ2n) is 4.65. The monoisotopic (exact) mass is 237 g/mol. The fourth-order valence-electron chi connectivity index (χ4n) is 2.15. The Kier molecular flexibility index (Phi) is 3.91. The van der Waals surface area contributed by atoms with Gasteiger partial charge in [-0.3, -0.25) is 9.48 Å². The Balaban J connectivity index is 1.90. The summed E-state index contributed by atoms with van der Waals surface area (Å²) < 4.78 is 6.94. The molecule has 5 heteroatoms. The summed E-state index contributed by atoms with van der Waals surface area (Å²) in [5, 5.41) is 4.03. The van der Waals surface area contributed by atoms with Gasteiger partial charge in [-0.1, -0.05) is 0 Å². The molecule has 2 N–H and O–H groups in total. The molecule has 17 heavy (non-hydrogen) atoms. The molecular weight excluding hydrogens is 218 g/mol. The summed E-state index contributed by atoms with van der Waals surface area (Å²) in [4.78, 5) is 12.0. The number of aryl methyl sites for hydroxylation is 1. The predicted octanol–water partition coefficient (Wildman–Crippen LogP) is 0.806. The average molecular weight is 237 g/mol. The van der Waals surface area contributed by atoms with Crippen LogP contribution in [0.2, 0.25) is 0 Å². The van der Waals surface area contributed by atoms with E-state index in [9.17, 15) is 4.79 Å². The van der Waals surface area contributed by atoms with Gasteiger partial charge in [0.2, 0.25) is 0 Å². The number of carbonyl (C=O) groups is 1. The summed E-state index contributed by atoms with van der Waals surface area (Å²) in [6.45, 7) is 1.53. The van der Waals surface area contributed by atoms with E-state index in [4.69, 9.17) is 10.5 Å². The van der Waals surface area contributed by atoms with E-state index < -0.39 is 6.04 Å². The molecule has 0 amide bonds. The number of Topliss-reactive ketones (excluding diaryl/α,β-unsaturated/α-hetero) is 1. The van der Waals surface area contributed by atoms with Crippen molar-refractivity contribution in [3.05, 3.63) is 18.0 Å². The Morgan fingerprint density at radius 2 is 2.35 bits per heavy atom. The van der Waals surface area contributed by atoms with E-state index in [0.29, 0.717) is 12.3 Å². The van der Waals surface area contributed by atoms with Crippen LogP contribution in [0.25, 0.3) is 0 Å². The minimum atomic E-state index is -0.536. The van der Waals surface area contributed by atoms with Crippen LogP contribution >= 0.6 is 0 Å². The standard InChI is InChI=1S/C12H19N3O2/c1-15-8-10(7-14-15)12(13)11(16)6-9-2-4-17-5-3-9/h7-9,12H,2-6,13H2,1H3. The zero-order valence-corrected chi connectivity index (χ0v) is 10.1. The van der Waals surface area contributed by atoms with Crippen molar-refractivity contribution in [2.75, 3.05) is 13.2 Å². The van der Waals surface area contributed by atoms with Gasteiger partial charge in [-0.25, -0.2) is 0 Å². The number of aromatic nitrogens is 2. The lowest BCUT2D eigenvalue weighted by molar-refractivity contribution is -0.122. The first-order valence-corrected chi connectivity index (χ1v) is 6.01. The van der Waals surface area contributed by atoms with Crippen LogP contribution in [0.3, 0.4) is 0 Å². The average Bonchev–Trinajstić information content (AvgIpc) is 2.76. The molecule has 0 spiro atoms. The van der Waals surface area contributed by atoms with E-state index in [1.807, 2.05) is 7.05 Å². The van der Waals surface area contributed by atoms with E-state index in [1.54, 1.807) is 17.1 Å². The zero-order chi connectivity index (χ0) is 12.3. The molecule has 0 saturated carbocycles. The molecule has 0 aromatic carbocycles. The first kappa shape index (κ1) is 12.3. The SMILES string of the molecule is Cn1cc(C(N)C(=O)CC2CCOCC2)cn1. The molecule has 0 aliphatic carbocycles. The molecule has 1 saturated heterocycles. The topological polar surface area (TPSA) is 70.1 Å². The highest BCUT2D eigenvalue weighted by atomic mass is 16.5. The lowest BCUT2D eigenvalue weighted by Gasteiger charge is -2.22. The number of ether oxygens (including phenoxy) is 1. The molecule has 0 radical (unpaired) electrons. The number of hydrogen-bond donors (Lipinski definition) is 1. The maximum Gasteiger partial charge on any atom is 0.154 e. The smallest absolute Gasteiger partial charge is 0.154 e. The van der Waals surface area contributed by atoms with Gasteiger partial charge in [0, 0.05) is 38.4 Å². The van der Waals surface area contributed by atoms with Gasteiger partial charge >= 0.3 is 0 Å². The second-order valence-corrected chi connectivity index (χ2v) is 4.65. The molecule has 1 aliphatic heterocycles. The van der Waals surface area contributed by atoms with E-state index in [2.05, 4.69) is 5.10 Å². The van der Waals surface area contributed by atoms with Crippen molar-refractivity contribution in [2.45, 2.75) is 25.3 Å². The Labute approximate surface area is 101 Å². The molecular formula is C12H19N3O2. The van der Waals surface area contributed by atoms with Crippen LogP contribution in [-0.2, 0) is 16.6 Å². The highest BCUT2D eigenvalue weighted by molar-refractivity contribution is 5.85. The van der Waals surface area contributed by atoms with E-state index in [-0.39, 0.29) is 5.78 Å². The van der Waals surface area contributed by atoms with Crippen LogP contribution in [0.1, 0.15) is 30.9 Å². The molecule has 2 heterocycles. The molecule has 1 fully saturated rings. The highest BCUT2D eigenvalue weighted by Crippen LogP contribution is 2.22. The van der Waals surface area contributed by atoms with Gasteiger partial charge in [0.05, 0.1) is 12.2 Å². The number of ketones is 1. The second kappa shape index (κ2) is 5.42. The van der Waals surface area contributed by atoms with Gasteiger partial charge in [0.25, 0.3) is 0 Å². The van der Waals surface area contributed by atoms with Crippen molar-refractivity contribution >= 4 is 5.78 Å². The van der Waals surface area contributed by atoms with E-state index in [1.165, 1.54) is 0 Å². The van der Waals surface area contributed by atoms with E-state index in [0.717, 1.165) is 31.6 Å². The number of rotatable bonds is 4. The van der Waals surface area contributed by atoms with Gasteiger partial charge in [-0.2, -0.15) is 5.10 Å². The first-order valence-electron chi connectivity index (χ1n) is 6.01. The van der Waals surface area contributed by atoms with Crippen molar-refractivity contribution in [3.63, 3.8) is 0 Å². The molecule has 1 aliphatic rings. The molecule has 1 aromatic rings. The van der Waals surface area contributed by atoms with E-state index >= 15 is 0 Å². The van der Waals surface area contributed by atoms with Crippen LogP contribution in [0.4, 0.5) is 0 Å². The van der Waals surface area contributed by atoms with Crippen LogP contribution < -0.4 is 5.73 Å². The van der Waals surface area contributed by atoms with Gasteiger partial charge in [-0.15, -0.1) is 0 Å². The molecule has 1 atom stereocenters. The van der Waals surface area contributed by atoms with Gasteiger partial charge < -0.3 is 10.5 Å². The predicted molar refractivity (Wildman–Crippen MR) is 63.3 cm³/mol. The van der Waals surface area contributed by atoms with Crippen molar-refractivity contribution in [2.24, 2.45) is 18.7 Å². The summed E-state index contributed by atoms with van der Waals surface area (Å²) in [7, 11) is 1.82. The minimum Gasteiger partial charge on any atom is -0.381 e. The molecule has 0 bridgehead atoms. The maximum atomic E-state index is 12.0. The van der Waals surface area contributed by atoms with Gasteiger partial charge in [-0.05, 0) is 18.8 Å². The van der Waals surface area contributed by atoms with Crippen LogP contribution in [-0.4, -0.2) is 28.8 Å². The summed E-state index contributed by atoms with van der Waals surface area (Å²) >= 11 is 0. The quantitative estimate of drug-likeness (QED) is 0.841. The van der Waals surface area contributed by atoms with Gasteiger partial charge in [0.15, 0.2) is 5.78 Å². The Morgan fingerprint density at radius 3 is 2.94 bits per heavy atom. The Bertz CT molecular complexity index is 383. The first-order chi connectivity index (χ1) is 8.16. The van der Waals surface area contributed by atoms with Crippen LogP contribution in [0.15, 0.2) is 12.4 Å². The van der Waals surface area contributed by atoms with Crippen molar-refractivity contribution < 1.29 is 9.53 Å². The molecule has 1 aromatic heterocycles. The maximum absolute atomic E-state index is 12.0. The number of carbonyl (C=O) groups excluding carboxylic acids is 1. The summed E-state index contributed by atoms with van der Waals surface area (Å²) in [5.41, 5.74) is 6.73. The number of nitrogens with zero attached hydrogens (tertiary/aromatic N) is 2. The zero-order valence-electron chi connectivity index (χ0n) is 10.1. The summed E-state index contributed by atoms with van der Waals surface area (Å²) in [6, 6.07) is -0.536. The largest absolute Gasteiger partial charge is 0.381 e. The number of nitrogens with two attached hydrogens (primary N) is 1. The van der Waals surface area contributed by atoms with Crippen molar-refractivity contribution in [1.29, 1.82) is 0 Å². The summed E-state index contributed by atoms with van der Waals surface area (Å²) in [5.74, 6) is 0.531. The number of hydrogen-bond acceptors (Lipinski definition) is 4. The normalized spacial score (nSPS) is 19.2. The Morgan fingerprint density at radius 1 is 1.65 bits per heavy atom. The highest BCUT2D eigenvalue weighted by Gasteiger charge is 2.22.